The van der Waals surface area contributed by atoms with E-state index in [1.807, 2.05) is 19.1 Å². The Hall–Kier alpha value is -0.320. The van der Waals surface area contributed by atoms with Gasteiger partial charge in [-0.2, -0.15) is 0 Å². The molecule has 0 fully saturated rings. The Kier molecular flexibility index (Phi) is 5.52. The summed E-state index contributed by atoms with van der Waals surface area (Å²) in [5.41, 5.74) is 6.95. The number of hydrogen-bond acceptors (Lipinski definition) is 2. The number of nitrogens with two attached hydrogens (primary N) is 1. The van der Waals surface area contributed by atoms with Crippen molar-refractivity contribution >= 4 is 31.9 Å². The van der Waals surface area contributed by atoms with Gasteiger partial charge in [-0.25, -0.2) is 0 Å². The van der Waals surface area contributed by atoms with Crippen LogP contribution in [0.25, 0.3) is 0 Å². The first-order chi connectivity index (χ1) is 7.54. The molecule has 1 aromatic carbocycles. The average molecular weight is 349 g/mol. The van der Waals surface area contributed by atoms with E-state index in [0.29, 0.717) is 6.61 Å². The van der Waals surface area contributed by atoms with Gasteiger partial charge in [0.2, 0.25) is 0 Å². The van der Waals surface area contributed by atoms with Gasteiger partial charge in [0.25, 0.3) is 0 Å². The fraction of sp³-hybridized carbons (Fsp3) is 0.333. The van der Waals surface area contributed by atoms with Crippen molar-refractivity contribution in [2.75, 3.05) is 6.61 Å². The highest BCUT2D eigenvalue weighted by molar-refractivity contribution is 9.11. The minimum atomic E-state index is 0.152. The highest BCUT2D eigenvalue weighted by atomic mass is 79.9. The maximum absolute atomic E-state index is 5.77. The van der Waals surface area contributed by atoms with Crippen LogP contribution >= 0.6 is 31.9 Å². The molecule has 4 heteroatoms. The normalized spacial score (nSPS) is 12.2. The van der Waals surface area contributed by atoms with Crippen molar-refractivity contribution in [1.29, 1.82) is 0 Å². The average Bonchev–Trinajstić information content (AvgIpc) is 2.15. The summed E-state index contributed by atoms with van der Waals surface area (Å²) in [6, 6.07) is 4.22. The van der Waals surface area contributed by atoms with Crippen LogP contribution in [0.1, 0.15) is 12.5 Å². The second-order valence-corrected chi connectivity index (χ2v) is 5.38. The zero-order valence-electron chi connectivity index (χ0n) is 9.17. The van der Waals surface area contributed by atoms with E-state index < -0.39 is 0 Å². The number of halogens is 2. The predicted octanol–water partition coefficient (Wildman–Crippen LogP) is 3.67. The number of ether oxygens (including phenoxy) is 1. The summed E-state index contributed by atoms with van der Waals surface area (Å²) in [7, 11) is 0. The van der Waals surface area contributed by atoms with E-state index in [2.05, 4.69) is 38.4 Å². The van der Waals surface area contributed by atoms with Gasteiger partial charge >= 0.3 is 0 Å². The Labute approximate surface area is 113 Å². The first-order valence-corrected chi connectivity index (χ1v) is 6.60. The monoisotopic (exact) mass is 347 g/mol. The molecule has 2 N–H and O–H groups in total. The third-order valence-corrected chi connectivity index (χ3v) is 3.14. The van der Waals surface area contributed by atoms with E-state index in [1.165, 1.54) is 5.56 Å². The minimum absolute atomic E-state index is 0.152. The Morgan fingerprint density at radius 2 is 2.00 bits per heavy atom. The summed E-state index contributed by atoms with van der Waals surface area (Å²) >= 11 is 6.98. The van der Waals surface area contributed by atoms with E-state index in [0.717, 1.165) is 21.1 Å². The molecular weight excluding hydrogens is 334 g/mol. The molecule has 16 heavy (non-hydrogen) atoms. The quantitative estimate of drug-likeness (QED) is 0.824. The molecule has 1 atom stereocenters. The lowest BCUT2D eigenvalue weighted by molar-refractivity contribution is 0.358. The van der Waals surface area contributed by atoms with Crippen molar-refractivity contribution in [1.82, 2.24) is 0 Å². The van der Waals surface area contributed by atoms with Crippen LogP contribution in [0.5, 0.6) is 5.75 Å². The zero-order chi connectivity index (χ0) is 12.1. The molecular formula is C12H15Br2NO. The largest absolute Gasteiger partial charge is 0.487 e. The van der Waals surface area contributed by atoms with E-state index in [1.54, 1.807) is 6.08 Å². The maximum Gasteiger partial charge on any atom is 0.148 e. The number of hydrogen-bond donors (Lipinski definition) is 1. The Morgan fingerprint density at radius 1 is 1.44 bits per heavy atom. The molecule has 0 spiro atoms. The summed E-state index contributed by atoms with van der Waals surface area (Å²) in [6.07, 6.45) is 2.56. The van der Waals surface area contributed by atoms with E-state index in [4.69, 9.17) is 10.5 Å². The SMILES string of the molecule is C=CCOc1c(Br)cc(CC(C)N)cc1Br. The summed E-state index contributed by atoms with van der Waals surface area (Å²) in [5.74, 6) is 0.799. The molecule has 0 heterocycles. The lowest BCUT2D eigenvalue weighted by Crippen LogP contribution is -2.17. The van der Waals surface area contributed by atoms with Crippen molar-refractivity contribution in [3.8, 4) is 5.75 Å². The smallest absolute Gasteiger partial charge is 0.148 e. The summed E-state index contributed by atoms with van der Waals surface area (Å²) in [5, 5.41) is 0. The van der Waals surface area contributed by atoms with Crippen molar-refractivity contribution in [2.24, 2.45) is 5.73 Å². The molecule has 0 aliphatic carbocycles. The molecule has 1 aromatic rings. The third-order valence-electron chi connectivity index (χ3n) is 1.96. The van der Waals surface area contributed by atoms with Gasteiger partial charge in [0.1, 0.15) is 12.4 Å². The first-order valence-electron chi connectivity index (χ1n) is 5.01. The Bertz CT molecular complexity index is 354. The molecule has 0 amide bonds. The number of benzene rings is 1. The molecule has 0 saturated carbocycles. The van der Waals surface area contributed by atoms with Crippen molar-refractivity contribution in [3.05, 3.63) is 39.3 Å². The fourth-order valence-corrected chi connectivity index (χ4v) is 2.89. The van der Waals surface area contributed by atoms with Crippen LogP contribution in [0.3, 0.4) is 0 Å². The van der Waals surface area contributed by atoms with Crippen molar-refractivity contribution in [3.63, 3.8) is 0 Å². The highest BCUT2D eigenvalue weighted by Crippen LogP contribution is 2.35. The topological polar surface area (TPSA) is 35.2 Å². The van der Waals surface area contributed by atoms with Gasteiger partial charge in [0, 0.05) is 6.04 Å². The van der Waals surface area contributed by atoms with Crippen molar-refractivity contribution < 1.29 is 4.74 Å². The van der Waals surface area contributed by atoms with Crippen LogP contribution in [0, 0.1) is 0 Å². The van der Waals surface area contributed by atoms with Gasteiger partial charge in [-0.15, -0.1) is 0 Å². The molecule has 0 aromatic heterocycles. The standard InChI is InChI=1S/C12H15Br2NO/c1-3-4-16-12-10(13)6-9(5-8(2)15)7-11(12)14/h3,6-8H,1,4-5,15H2,2H3. The second kappa shape index (κ2) is 6.42. The second-order valence-electron chi connectivity index (χ2n) is 3.67. The van der Waals surface area contributed by atoms with Crippen LogP contribution in [0.4, 0.5) is 0 Å². The molecule has 0 saturated heterocycles. The van der Waals surface area contributed by atoms with Crippen LogP contribution in [-0.4, -0.2) is 12.6 Å². The molecule has 0 bridgehead atoms. The van der Waals surface area contributed by atoms with Crippen LogP contribution in [0.2, 0.25) is 0 Å². The van der Waals surface area contributed by atoms with Crippen LogP contribution in [0.15, 0.2) is 33.7 Å². The number of rotatable bonds is 5. The summed E-state index contributed by atoms with van der Waals surface area (Å²) < 4.78 is 7.39. The van der Waals surface area contributed by atoms with Gasteiger partial charge in [-0.3, -0.25) is 0 Å². The maximum atomic E-state index is 5.77. The fourth-order valence-electron chi connectivity index (χ4n) is 1.38. The zero-order valence-corrected chi connectivity index (χ0v) is 12.3. The van der Waals surface area contributed by atoms with Gasteiger partial charge in [0.15, 0.2) is 0 Å². The van der Waals surface area contributed by atoms with Gasteiger partial charge < -0.3 is 10.5 Å². The van der Waals surface area contributed by atoms with Gasteiger partial charge in [0.05, 0.1) is 8.95 Å². The third kappa shape index (κ3) is 3.92. The molecule has 1 rings (SSSR count). The van der Waals surface area contributed by atoms with E-state index >= 15 is 0 Å². The van der Waals surface area contributed by atoms with Crippen LogP contribution < -0.4 is 10.5 Å². The van der Waals surface area contributed by atoms with Gasteiger partial charge in [-0.05, 0) is 62.9 Å². The lowest BCUT2D eigenvalue weighted by Gasteiger charge is -2.12. The molecule has 0 aliphatic rings. The van der Waals surface area contributed by atoms with Crippen molar-refractivity contribution in [2.45, 2.75) is 19.4 Å². The Morgan fingerprint density at radius 3 is 2.44 bits per heavy atom. The first kappa shape index (κ1) is 13.7. The van der Waals surface area contributed by atoms with E-state index in [-0.39, 0.29) is 6.04 Å². The predicted molar refractivity (Wildman–Crippen MR) is 74.9 cm³/mol. The molecule has 2 nitrogen and oxygen atoms in total. The highest BCUT2D eigenvalue weighted by Gasteiger charge is 2.09. The summed E-state index contributed by atoms with van der Waals surface area (Å²) in [4.78, 5) is 0. The lowest BCUT2D eigenvalue weighted by atomic mass is 10.1. The minimum Gasteiger partial charge on any atom is -0.487 e. The molecule has 0 aliphatic heterocycles. The molecule has 1 unspecified atom stereocenters. The van der Waals surface area contributed by atoms with E-state index in [9.17, 15) is 0 Å². The summed E-state index contributed by atoms with van der Waals surface area (Å²) in [6.45, 7) is 6.10. The van der Waals surface area contributed by atoms with Crippen LogP contribution in [-0.2, 0) is 6.42 Å². The van der Waals surface area contributed by atoms with Gasteiger partial charge in [-0.1, -0.05) is 12.7 Å². The molecule has 0 radical (unpaired) electrons. The molecule has 88 valence electrons. The Balaban J connectivity index is 2.93.